The number of carbonyl (C=O) groups is 1. The monoisotopic (exact) mass is 481 g/mol. The van der Waals surface area contributed by atoms with E-state index in [1.165, 1.54) is 0 Å². The van der Waals surface area contributed by atoms with Gasteiger partial charge < -0.3 is 26.0 Å². The van der Waals surface area contributed by atoms with Gasteiger partial charge in [0.2, 0.25) is 0 Å². The van der Waals surface area contributed by atoms with Gasteiger partial charge in [0.05, 0.1) is 33.9 Å². The zero-order valence-electron chi connectivity index (χ0n) is 19.3. The highest BCUT2D eigenvalue weighted by Crippen LogP contribution is 2.30. The summed E-state index contributed by atoms with van der Waals surface area (Å²) in [5, 5.41) is 6.99. The van der Waals surface area contributed by atoms with Gasteiger partial charge in [-0.2, -0.15) is 0 Å². The van der Waals surface area contributed by atoms with E-state index in [-0.39, 0.29) is 18.0 Å². The van der Waals surface area contributed by atoms with Crippen molar-refractivity contribution in [1.82, 2.24) is 20.4 Å². The van der Waals surface area contributed by atoms with Crippen LogP contribution in [-0.2, 0) is 0 Å². The molecule has 32 heavy (non-hydrogen) atoms. The highest BCUT2D eigenvalue weighted by Gasteiger charge is 2.35. The van der Waals surface area contributed by atoms with Crippen LogP contribution in [0.4, 0.5) is 5.69 Å². The average molecular weight is 482 g/mol. The van der Waals surface area contributed by atoms with E-state index in [0.29, 0.717) is 34.5 Å². The second-order valence-electron chi connectivity index (χ2n) is 8.85. The molecule has 0 saturated carbocycles. The second-order valence-corrected chi connectivity index (χ2v) is 9.68. The van der Waals surface area contributed by atoms with Crippen LogP contribution in [0.25, 0.3) is 0 Å². The predicted octanol–water partition coefficient (Wildman–Crippen LogP) is 2.77. The molecule has 2 aliphatic heterocycles. The lowest BCUT2D eigenvalue weighted by Crippen LogP contribution is -2.56. The van der Waals surface area contributed by atoms with Gasteiger partial charge in [-0.3, -0.25) is 9.69 Å². The summed E-state index contributed by atoms with van der Waals surface area (Å²) in [6.07, 6.45) is 4.06. The first-order valence-corrected chi connectivity index (χ1v) is 12.3. The molecule has 1 atom stereocenters. The van der Waals surface area contributed by atoms with Crippen LogP contribution in [0.15, 0.2) is 12.1 Å². The Morgan fingerprint density at radius 3 is 2.56 bits per heavy atom. The van der Waals surface area contributed by atoms with Gasteiger partial charge in [0.1, 0.15) is 5.75 Å². The number of nitrogens with one attached hydrogen (secondary N) is 2. The molecule has 2 fully saturated rings. The quantitative estimate of drug-likeness (QED) is 0.408. The van der Waals surface area contributed by atoms with E-state index in [1.54, 1.807) is 12.1 Å². The number of nitrogens with two attached hydrogens (primary N) is 1. The molecule has 1 aromatic carbocycles. The number of halogens is 1. The van der Waals surface area contributed by atoms with Gasteiger partial charge in [0, 0.05) is 39.3 Å². The molecule has 1 amide bonds. The van der Waals surface area contributed by atoms with Crippen LogP contribution in [0.2, 0.25) is 5.02 Å². The Morgan fingerprint density at radius 2 is 1.97 bits per heavy atom. The number of hydrogen-bond donors (Lipinski definition) is 3. The third kappa shape index (κ3) is 6.04. The number of nitrogen functional groups attached to an aromatic ring is 1. The molecule has 4 N–H and O–H groups in total. The molecule has 178 valence electrons. The summed E-state index contributed by atoms with van der Waals surface area (Å²) in [6, 6.07) is 3.59. The molecule has 7 nitrogen and oxygen atoms in total. The van der Waals surface area contributed by atoms with Crippen molar-refractivity contribution in [2.75, 3.05) is 52.6 Å². The molecule has 2 saturated heterocycles. The lowest BCUT2D eigenvalue weighted by molar-refractivity contribution is 0.0874. The first kappa shape index (κ1) is 25.0. The zero-order chi connectivity index (χ0) is 23.3. The van der Waals surface area contributed by atoms with Gasteiger partial charge in [-0.25, -0.2) is 0 Å². The molecule has 2 aliphatic rings. The van der Waals surface area contributed by atoms with Crippen LogP contribution in [0, 0.1) is 5.92 Å². The largest absolute Gasteiger partial charge is 0.493 e. The Bertz CT molecular complexity index is 808. The summed E-state index contributed by atoms with van der Waals surface area (Å²) in [4.78, 5) is 18.6. The summed E-state index contributed by atoms with van der Waals surface area (Å²) in [5.41, 5.74) is 6.72. The van der Waals surface area contributed by atoms with Gasteiger partial charge >= 0.3 is 0 Å². The summed E-state index contributed by atoms with van der Waals surface area (Å²) in [7, 11) is 4.08. The van der Waals surface area contributed by atoms with Crippen LogP contribution >= 0.6 is 23.8 Å². The van der Waals surface area contributed by atoms with Crippen molar-refractivity contribution < 1.29 is 9.53 Å². The first-order valence-electron chi connectivity index (χ1n) is 11.5. The maximum absolute atomic E-state index is 13.0. The zero-order valence-corrected chi connectivity index (χ0v) is 20.9. The van der Waals surface area contributed by atoms with Gasteiger partial charge in [0.25, 0.3) is 5.91 Å². The SMILES string of the molecule is CCOc1cc(N)c(Cl)cc1C(=O)NC1CCN(C(C(=S)N(C)C)C2CCNCC2)CC1. The fourth-order valence-electron chi connectivity index (χ4n) is 4.69. The Balaban J connectivity index is 1.64. The number of nitrogens with zero attached hydrogens (tertiary/aromatic N) is 2. The topological polar surface area (TPSA) is 82.9 Å². The normalized spacial score (nSPS) is 19.4. The van der Waals surface area contributed by atoms with Gasteiger partial charge in [-0.05, 0) is 57.7 Å². The molecule has 0 radical (unpaired) electrons. The number of likely N-dealkylation sites (tertiary alicyclic amines) is 1. The third-order valence-corrected chi connectivity index (χ3v) is 7.36. The number of carbonyl (C=O) groups excluding carboxylic acids is 1. The molecule has 0 spiro atoms. The summed E-state index contributed by atoms with van der Waals surface area (Å²) in [5.74, 6) is 0.863. The van der Waals surface area contributed by atoms with Crippen LogP contribution in [-0.4, -0.2) is 79.7 Å². The smallest absolute Gasteiger partial charge is 0.255 e. The molecule has 1 unspecified atom stereocenters. The highest BCUT2D eigenvalue weighted by molar-refractivity contribution is 7.80. The van der Waals surface area contributed by atoms with Gasteiger partial charge in [-0.15, -0.1) is 0 Å². The predicted molar refractivity (Wildman–Crippen MR) is 135 cm³/mol. The number of ether oxygens (including phenoxy) is 1. The number of anilines is 1. The molecule has 1 aromatic rings. The van der Waals surface area contributed by atoms with Crippen LogP contribution in [0.3, 0.4) is 0 Å². The number of thiocarbonyl (C=S) groups is 1. The lowest BCUT2D eigenvalue weighted by atomic mass is 9.87. The van der Waals surface area contributed by atoms with E-state index in [4.69, 9.17) is 34.3 Å². The van der Waals surface area contributed by atoms with E-state index in [0.717, 1.165) is 56.9 Å². The lowest BCUT2D eigenvalue weighted by Gasteiger charge is -2.44. The van der Waals surface area contributed by atoms with Crippen molar-refractivity contribution in [3.63, 3.8) is 0 Å². The number of hydrogen-bond acceptors (Lipinski definition) is 6. The van der Waals surface area contributed by atoms with Crippen molar-refractivity contribution in [3.05, 3.63) is 22.7 Å². The molecule has 0 aromatic heterocycles. The number of rotatable bonds is 7. The highest BCUT2D eigenvalue weighted by atomic mass is 35.5. The van der Waals surface area contributed by atoms with Crippen molar-refractivity contribution in [2.45, 2.75) is 44.7 Å². The molecular weight excluding hydrogens is 446 g/mol. The fraction of sp³-hybridized carbons (Fsp3) is 0.652. The minimum absolute atomic E-state index is 0.103. The number of likely N-dealkylation sites (N-methyl/N-ethyl adjacent to an activating group) is 1. The first-order chi connectivity index (χ1) is 15.3. The minimum atomic E-state index is -0.174. The van der Waals surface area contributed by atoms with Crippen LogP contribution < -0.4 is 21.1 Å². The van der Waals surface area contributed by atoms with Crippen LogP contribution in [0.5, 0.6) is 5.75 Å². The number of piperidine rings is 2. The molecular formula is C23H36ClN5O2S. The van der Waals surface area contributed by atoms with Crippen molar-refractivity contribution >= 4 is 40.4 Å². The maximum atomic E-state index is 13.0. The van der Waals surface area contributed by atoms with Crippen LogP contribution in [0.1, 0.15) is 43.0 Å². The van der Waals surface area contributed by atoms with Gasteiger partial charge in [0.15, 0.2) is 0 Å². The molecule has 2 heterocycles. The number of amides is 1. The van der Waals surface area contributed by atoms with E-state index in [2.05, 4.69) is 20.4 Å². The van der Waals surface area contributed by atoms with Crippen molar-refractivity contribution in [1.29, 1.82) is 0 Å². The molecule has 9 heteroatoms. The fourth-order valence-corrected chi connectivity index (χ4v) is 5.19. The van der Waals surface area contributed by atoms with Crippen molar-refractivity contribution in [2.24, 2.45) is 5.92 Å². The maximum Gasteiger partial charge on any atom is 0.255 e. The summed E-state index contributed by atoms with van der Waals surface area (Å²) in [6.45, 7) is 6.25. The second kappa shape index (κ2) is 11.5. The Hall–Kier alpha value is -1.61. The van der Waals surface area contributed by atoms with Gasteiger partial charge in [-0.1, -0.05) is 23.8 Å². The Labute approximate surface area is 202 Å². The molecule has 0 bridgehead atoms. The van der Waals surface area contributed by atoms with E-state index < -0.39 is 0 Å². The summed E-state index contributed by atoms with van der Waals surface area (Å²) >= 11 is 12.0. The Morgan fingerprint density at radius 1 is 1.31 bits per heavy atom. The third-order valence-electron chi connectivity index (χ3n) is 6.43. The summed E-state index contributed by atoms with van der Waals surface area (Å²) < 4.78 is 5.62. The van der Waals surface area contributed by atoms with E-state index in [9.17, 15) is 4.79 Å². The number of benzene rings is 1. The Kier molecular flexibility index (Phi) is 8.99. The standard InChI is InChI=1S/C23H36ClN5O2S/c1-4-31-20-14-19(25)18(24)13-17(20)22(30)27-16-7-11-29(12-8-16)21(23(32)28(2)3)15-5-9-26-10-6-15/h13-16,21,26H,4-12,25H2,1-3H3,(H,27,30). The van der Waals surface area contributed by atoms with E-state index >= 15 is 0 Å². The van der Waals surface area contributed by atoms with E-state index in [1.807, 2.05) is 21.0 Å². The van der Waals surface area contributed by atoms with Crippen molar-refractivity contribution in [3.8, 4) is 5.75 Å². The molecule has 0 aliphatic carbocycles. The molecule has 3 rings (SSSR count). The minimum Gasteiger partial charge on any atom is -0.493 e. The average Bonchev–Trinajstić information content (AvgIpc) is 2.78.